The molecule has 0 atom stereocenters. The molecule has 0 aliphatic heterocycles. The van der Waals surface area contributed by atoms with Crippen LogP contribution in [0.3, 0.4) is 0 Å². The Morgan fingerprint density at radius 1 is 1.31 bits per heavy atom. The van der Waals surface area contributed by atoms with Gasteiger partial charge in [0, 0.05) is 6.92 Å². The Morgan fingerprint density at radius 2 is 2.00 bits per heavy atom. The molecular weight excluding hydrogens is 164 g/mol. The molecule has 0 aromatic carbocycles. The van der Waals surface area contributed by atoms with Gasteiger partial charge in [0.05, 0.1) is 7.05 Å². The molecule has 4 nitrogen and oxygen atoms in total. The molecule has 1 heterocycles. The smallest absolute Gasteiger partial charge is 0.140 e. The first-order valence-corrected chi connectivity index (χ1v) is 5.07. The average Bonchev–Trinajstić information content (AvgIpc) is 2.49. The maximum absolute atomic E-state index is 4.17. The van der Waals surface area contributed by atoms with Gasteiger partial charge in [-0.2, -0.15) is 0 Å². The summed E-state index contributed by atoms with van der Waals surface area (Å²) in [5, 5.41) is 8.19. The highest BCUT2D eigenvalue weighted by atomic mass is 15.6. The second kappa shape index (κ2) is 3.44. The van der Waals surface area contributed by atoms with Crippen LogP contribution >= 0.6 is 0 Å². The van der Waals surface area contributed by atoms with Crippen molar-refractivity contribution in [1.29, 1.82) is 0 Å². The van der Waals surface area contributed by atoms with Crippen LogP contribution in [0.2, 0.25) is 0 Å². The third-order valence-corrected chi connectivity index (χ3v) is 2.99. The van der Waals surface area contributed by atoms with E-state index >= 15 is 0 Å². The molecule has 0 N–H and O–H groups in total. The van der Waals surface area contributed by atoms with E-state index in [-0.39, 0.29) is 0 Å². The molecule has 0 unspecified atom stereocenters. The SMILES string of the molecule is Cc1n(C2CCCCC2)nn[n+]1C. The monoisotopic (exact) mass is 181 g/mol. The molecule has 72 valence electrons. The van der Waals surface area contributed by atoms with Crippen molar-refractivity contribution in [2.24, 2.45) is 7.05 Å². The first-order valence-electron chi connectivity index (χ1n) is 5.07. The van der Waals surface area contributed by atoms with Crippen molar-refractivity contribution in [3.63, 3.8) is 0 Å². The molecule has 1 aliphatic rings. The van der Waals surface area contributed by atoms with E-state index < -0.39 is 0 Å². The first kappa shape index (κ1) is 8.66. The normalized spacial score (nSPS) is 19.2. The van der Waals surface area contributed by atoms with Gasteiger partial charge in [-0.1, -0.05) is 11.1 Å². The minimum Gasteiger partial charge on any atom is -0.140 e. The van der Waals surface area contributed by atoms with Crippen molar-refractivity contribution in [2.75, 3.05) is 0 Å². The molecule has 0 saturated heterocycles. The summed E-state index contributed by atoms with van der Waals surface area (Å²) in [6.45, 7) is 2.08. The highest BCUT2D eigenvalue weighted by molar-refractivity contribution is 4.76. The number of hydrogen-bond acceptors (Lipinski definition) is 2. The van der Waals surface area contributed by atoms with Gasteiger partial charge in [-0.15, -0.1) is 4.68 Å². The molecule has 0 amide bonds. The third-order valence-electron chi connectivity index (χ3n) is 2.99. The van der Waals surface area contributed by atoms with E-state index in [1.807, 2.05) is 11.7 Å². The van der Waals surface area contributed by atoms with Crippen molar-refractivity contribution in [1.82, 2.24) is 15.1 Å². The summed E-state index contributed by atoms with van der Waals surface area (Å²) in [5.41, 5.74) is 0. The number of tetrazole rings is 1. The van der Waals surface area contributed by atoms with Crippen LogP contribution in [0.25, 0.3) is 0 Å². The number of hydrogen-bond donors (Lipinski definition) is 0. The predicted molar refractivity (Wildman–Crippen MR) is 48.1 cm³/mol. The molecule has 0 spiro atoms. The molecule has 1 aliphatic carbocycles. The van der Waals surface area contributed by atoms with Gasteiger partial charge in [0.25, 0.3) is 5.82 Å². The largest absolute Gasteiger partial charge is 0.253 e. The van der Waals surface area contributed by atoms with Crippen molar-refractivity contribution < 1.29 is 4.68 Å². The van der Waals surface area contributed by atoms with E-state index in [0.717, 1.165) is 5.82 Å². The summed E-state index contributed by atoms with van der Waals surface area (Å²) < 4.78 is 3.92. The summed E-state index contributed by atoms with van der Waals surface area (Å²) >= 11 is 0. The van der Waals surface area contributed by atoms with Crippen LogP contribution in [-0.4, -0.2) is 15.1 Å². The van der Waals surface area contributed by atoms with Crippen molar-refractivity contribution in [3.8, 4) is 0 Å². The molecule has 2 rings (SSSR count). The minimum atomic E-state index is 0.599. The zero-order valence-corrected chi connectivity index (χ0v) is 8.40. The fourth-order valence-electron chi connectivity index (χ4n) is 2.04. The Balaban J connectivity index is 2.18. The zero-order valence-electron chi connectivity index (χ0n) is 8.40. The highest BCUT2D eigenvalue weighted by Crippen LogP contribution is 2.27. The standard InChI is InChI=1S/C9H17N4/c1-8-12(2)10-11-13(8)9-6-4-3-5-7-9/h9H,3-7H2,1-2H3/q+1. The number of aryl methyl sites for hydroxylation is 1. The van der Waals surface area contributed by atoms with Gasteiger partial charge < -0.3 is 0 Å². The molecule has 4 heteroatoms. The van der Waals surface area contributed by atoms with Crippen LogP contribution < -0.4 is 4.68 Å². The summed E-state index contributed by atoms with van der Waals surface area (Å²) in [6.07, 6.45) is 6.60. The molecule has 1 fully saturated rings. The third kappa shape index (κ3) is 1.57. The summed E-state index contributed by atoms with van der Waals surface area (Å²) in [4.78, 5) is 0. The first-order chi connectivity index (χ1) is 6.29. The lowest BCUT2D eigenvalue weighted by molar-refractivity contribution is -0.737. The van der Waals surface area contributed by atoms with Crippen LogP contribution in [0.1, 0.15) is 44.0 Å². The van der Waals surface area contributed by atoms with E-state index in [2.05, 4.69) is 22.0 Å². The molecule has 0 radical (unpaired) electrons. The lowest BCUT2D eigenvalue weighted by atomic mass is 9.96. The Morgan fingerprint density at radius 3 is 2.54 bits per heavy atom. The lowest BCUT2D eigenvalue weighted by Gasteiger charge is -2.16. The molecule has 0 bridgehead atoms. The summed E-state index contributed by atoms with van der Waals surface area (Å²) in [6, 6.07) is 0.599. The van der Waals surface area contributed by atoms with Crippen molar-refractivity contribution >= 4 is 0 Å². The van der Waals surface area contributed by atoms with E-state index in [1.54, 1.807) is 0 Å². The topological polar surface area (TPSA) is 34.6 Å². The van der Waals surface area contributed by atoms with Crippen LogP contribution in [0.15, 0.2) is 0 Å². The van der Waals surface area contributed by atoms with Crippen LogP contribution in [0.5, 0.6) is 0 Å². The Labute approximate surface area is 78.5 Å². The van der Waals surface area contributed by atoms with E-state index in [1.165, 1.54) is 32.1 Å². The molecule has 1 saturated carbocycles. The Kier molecular flexibility index (Phi) is 2.29. The highest BCUT2D eigenvalue weighted by Gasteiger charge is 2.25. The van der Waals surface area contributed by atoms with Gasteiger partial charge in [-0.05, 0) is 25.7 Å². The average molecular weight is 181 g/mol. The minimum absolute atomic E-state index is 0.599. The van der Waals surface area contributed by atoms with Gasteiger partial charge in [-0.3, -0.25) is 0 Å². The van der Waals surface area contributed by atoms with E-state index in [4.69, 9.17) is 0 Å². The second-order valence-electron chi connectivity index (χ2n) is 3.89. The van der Waals surface area contributed by atoms with Gasteiger partial charge in [0.15, 0.2) is 5.21 Å². The predicted octanol–water partition coefficient (Wildman–Crippen LogP) is 0.916. The summed E-state index contributed by atoms with van der Waals surface area (Å²) in [5.74, 6) is 1.16. The summed E-state index contributed by atoms with van der Waals surface area (Å²) in [7, 11) is 1.95. The van der Waals surface area contributed by atoms with Gasteiger partial charge >= 0.3 is 0 Å². The van der Waals surface area contributed by atoms with Crippen LogP contribution in [-0.2, 0) is 7.05 Å². The molecule has 1 aromatic rings. The van der Waals surface area contributed by atoms with E-state index in [9.17, 15) is 0 Å². The van der Waals surface area contributed by atoms with Gasteiger partial charge in [0.2, 0.25) is 0 Å². The Hall–Kier alpha value is -0.930. The quantitative estimate of drug-likeness (QED) is 0.604. The zero-order chi connectivity index (χ0) is 9.26. The number of rotatable bonds is 1. The molecule has 13 heavy (non-hydrogen) atoms. The maximum Gasteiger partial charge on any atom is 0.253 e. The number of aromatic nitrogens is 4. The van der Waals surface area contributed by atoms with Crippen LogP contribution in [0, 0.1) is 6.92 Å². The van der Waals surface area contributed by atoms with Crippen LogP contribution in [0.4, 0.5) is 0 Å². The van der Waals surface area contributed by atoms with Gasteiger partial charge in [-0.25, -0.2) is 0 Å². The fraction of sp³-hybridized carbons (Fsp3) is 0.889. The maximum atomic E-state index is 4.17. The van der Waals surface area contributed by atoms with Crippen molar-refractivity contribution in [2.45, 2.75) is 45.1 Å². The fourth-order valence-corrected chi connectivity index (χ4v) is 2.04. The molecule has 1 aromatic heterocycles. The second-order valence-corrected chi connectivity index (χ2v) is 3.89. The van der Waals surface area contributed by atoms with E-state index in [0.29, 0.717) is 6.04 Å². The lowest BCUT2D eigenvalue weighted by Crippen LogP contribution is -2.34. The number of nitrogens with zero attached hydrogens (tertiary/aromatic N) is 4. The van der Waals surface area contributed by atoms with Crippen molar-refractivity contribution in [3.05, 3.63) is 5.82 Å². The molecular formula is C9H17N4+. The van der Waals surface area contributed by atoms with Gasteiger partial charge in [0.1, 0.15) is 11.3 Å². The Bertz CT molecular complexity index is 286.